The van der Waals surface area contributed by atoms with Crippen molar-refractivity contribution in [2.24, 2.45) is 5.92 Å². The van der Waals surface area contributed by atoms with Crippen LogP contribution in [0, 0.1) is 18.7 Å². The lowest BCUT2D eigenvalue weighted by Gasteiger charge is -2.31. The van der Waals surface area contributed by atoms with Crippen molar-refractivity contribution in [1.82, 2.24) is 4.90 Å². The lowest BCUT2D eigenvalue weighted by atomic mass is 9.94. The van der Waals surface area contributed by atoms with Crippen molar-refractivity contribution in [3.63, 3.8) is 0 Å². The first-order valence-electron chi connectivity index (χ1n) is 8.36. The average Bonchev–Trinajstić information content (AvgIpc) is 3.03. The SMILES string of the molecule is Cc1ccc(C(=O)N2CCC(CCOc3ccccc3F)CC2)s1. The summed E-state index contributed by atoms with van der Waals surface area (Å²) in [7, 11) is 0. The third-order valence-electron chi connectivity index (χ3n) is 4.47. The zero-order valence-electron chi connectivity index (χ0n) is 13.8. The maximum Gasteiger partial charge on any atom is 0.263 e. The second kappa shape index (κ2) is 7.79. The van der Waals surface area contributed by atoms with Crippen molar-refractivity contribution in [3.05, 3.63) is 52.0 Å². The highest BCUT2D eigenvalue weighted by molar-refractivity contribution is 7.13. The molecule has 0 saturated carbocycles. The number of thiophene rings is 1. The van der Waals surface area contributed by atoms with E-state index in [1.807, 2.05) is 24.0 Å². The van der Waals surface area contributed by atoms with Crippen molar-refractivity contribution in [2.45, 2.75) is 26.2 Å². The van der Waals surface area contributed by atoms with Crippen LogP contribution in [0.2, 0.25) is 0 Å². The molecule has 0 radical (unpaired) electrons. The Labute approximate surface area is 146 Å². The van der Waals surface area contributed by atoms with Gasteiger partial charge in [0.05, 0.1) is 11.5 Å². The molecule has 1 aliphatic rings. The molecule has 2 heterocycles. The summed E-state index contributed by atoms with van der Waals surface area (Å²) >= 11 is 1.56. The van der Waals surface area contributed by atoms with Crippen LogP contribution < -0.4 is 4.74 Å². The number of halogens is 1. The van der Waals surface area contributed by atoms with Gasteiger partial charge in [0.25, 0.3) is 5.91 Å². The van der Waals surface area contributed by atoms with Gasteiger partial charge >= 0.3 is 0 Å². The van der Waals surface area contributed by atoms with Gasteiger partial charge in [0, 0.05) is 18.0 Å². The molecule has 3 rings (SSSR count). The average molecular weight is 347 g/mol. The summed E-state index contributed by atoms with van der Waals surface area (Å²) in [6, 6.07) is 10.4. The van der Waals surface area contributed by atoms with Gasteiger partial charge in [-0.25, -0.2) is 4.39 Å². The Morgan fingerprint density at radius 2 is 2.00 bits per heavy atom. The lowest BCUT2D eigenvalue weighted by molar-refractivity contribution is 0.0684. The second-order valence-electron chi connectivity index (χ2n) is 6.21. The molecular formula is C19H22FNO2S. The molecular weight excluding hydrogens is 325 g/mol. The zero-order chi connectivity index (χ0) is 16.9. The van der Waals surface area contributed by atoms with E-state index in [1.54, 1.807) is 29.5 Å². The van der Waals surface area contributed by atoms with E-state index in [0.717, 1.165) is 37.2 Å². The van der Waals surface area contributed by atoms with E-state index in [-0.39, 0.29) is 11.7 Å². The Kier molecular flexibility index (Phi) is 5.51. The van der Waals surface area contributed by atoms with Gasteiger partial charge in [-0.05, 0) is 56.4 Å². The number of hydrogen-bond acceptors (Lipinski definition) is 3. The predicted molar refractivity (Wildman–Crippen MR) is 94.2 cm³/mol. The number of para-hydroxylation sites is 1. The van der Waals surface area contributed by atoms with Gasteiger partial charge < -0.3 is 9.64 Å². The van der Waals surface area contributed by atoms with Gasteiger partial charge in [0.1, 0.15) is 0 Å². The van der Waals surface area contributed by atoms with Crippen LogP contribution in [0.1, 0.15) is 33.8 Å². The predicted octanol–water partition coefficient (Wildman–Crippen LogP) is 4.52. The quantitative estimate of drug-likeness (QED) is 0.796. The first-order valence-corrected chi connectivity index (χ1v) is 9.18. The van der Waals surface area contributed by atoms with Crippen LogP contribution in [0.15, 0.2) is 36.4 Å². The molecule has 0 N–H and O–H groups in total. The molecule has 0 spiro atoms. The number of ether oxygens (including phenoxy) is 1. The molecule has 1 aromatic carbocycles. The Balaban J connectivity index is 1.42. The highest BCUT2D eigenvalue weighted by Crippen LogP contribution is 2.25. The molecule has 2 aromatic rings. The summed E-state index contributed by atoms with van der Waals surface area (Å²) in [6.45, 7) is 4.12. The number of nitrogens with zero attached hydrogens (tertiary/aromatic N) is 1. The van der Waals surface area contributed by atoms with E-state index < -0.39 is 0 Å². The summed E-state index contributed by atoms with van der Waals surface area (Å²) in [4.78, 5) is 16.4. The van der Waals surface area contributed by atoms with Crippen LogP contribution in [0.4, 0.5) is 4.39 Å². The Bertz CT molecular complexity index is 692. The molecule has 1 aliphatic heterocycles. The highest BCUT2D eigenvalue weighted by atomic mass is 32.1. The van der Waals surface area contributed by atoms with Gasteiger partial charge in [0.2, 0.25) is 0 Å². The monoisotopic (exact) mass is 347 g/mol. The molecule has 1 saturated heterocycles. The second-order valence-corrected chi connectivity index (χ2v) is 7.50. The smallest absolute Gasteiger partial charge is 0.263 e. The van der Waals surface area contributed by atoms with Crippen molar-refractivity contribution in [1.29, 1.82) is 0 Å². The number of benzene rings is 1. The van der Waals surface area contributed by atoms with E-state index in [2.05, 4.69) is 0 Å². The van der Waals surface area contributed by atoms with Crippen molar-refractivity contribution in [3.8, 4) is 5.75 Å². The number of likely N-dealkylation sites (tertiary alicyclic amines) is 1. The molecule has 1 amide bonds. The fourth-order valence-electron chi connectivity index (χ4n) is 3.03. The Morgan fingerprint density at radius 3 is 2.67 bits per heavy atom. The van der Waals surface area contributed by atoms with E-state index in [0.29, 0.717) is 18.3 Å². The summed E-state index contributed by atoms with van der Waals surface area (Å²) in [5, 5.41) is 0. The lowest BCUT2D eigenvalue weighted by Crippen LogP contribution is -2.38. The number of hydrogen-bond donors (Lipinski definition) is 0. The van der Waals surface area contributed by atoms with Crippen LogP contribution >= 0.6 is 11.3 Å². The minimum Gasteiger partial charge on any atom is -0.491 e. The van der Waals surface area contributed by atoms with Crippen LogP contribution in [0.25, 0.3) is 0 Å². The molecule has 5 heteroatoms. The van der Waals surface area contributed by atoms with Crippen LogP contribution in [-0.4, -0.2) is 30.5 Å². The number of rotatable bonds is 5. The summed E-state index contributed by atoms with van der Waals surface area (Å²) in [5.74, 6) is 0.683. The van der Waals surface area contributed by atoms with Gasteiger partial charge in [0.15, 0.2) is 11.6 Å². The minimum absolute atomic E-state index is 0.147. The Morgan fingerprint density at radius 1 is 1.25 bits per heavy atom. The van der Waals surface area contributed by atoms with Crippen LogP contribution in [0.5, 0.6) is 5.75 Å². The van der Waals surface area contributed by atoms with Gasteiger partial charge in [-0.2, -0.15) is 0 Å². The molecule has 0 atom stereocenters. The summed E-state index contributed by atoms with van der Waals surface area (Å²) in [6.07, 6.45) is 2.86. The maximum atomic E-state index is 13.5. The van der Waals surface area contributed by atoms with Gasteiger partial charge in [-0.15, -0.1) is 11.3 Å². The molecule has 0 unspecified atom stereocenters. The third-order valence-corrected chi connectivity index (χ3v) is 5.46. The molecule has 24 heavy (non-hydrogen) atoms. The molecule has 0 aliphatic carbocycles. The molecule has 1 aromatic heterocycles. The largest absolute Gasteiger partial charge is 0.491 e. The molecule has 1 fully saturated rings. The number of piperidine rings is 1. The van der Waals surface area contributed by atoms with E-state index >= 15 is 0 Å². The highest BCUT2D eigenvalue weighted by Gasteiger charge is 2.24. The topological polar surface area (TPSA) is 29.5 Å². The van der Waals surface area contributed by atoms with Crippen LogP contribution in [-0.2, 0) is 0 Å². The van der Waals surface area contributed by atoms with E-state index in [9.17, 15) is 9.18 Å². The van der Waals surface area contributed by atoms with Crippen LogP contribution in [0.3, 0.4) is 0 Å². The fourth-order valence-corrected chi connectivity index (χ4v) is 3.86. The number of carbonyl (C=O) groups is 1. The standard InChI is InChI=1S/C19H22FNO2S/c1-14-6-7-18(24-14)19(22)21-11-8-15(9-12-21)10-13-23-17-5-3-2-4-16(17)20/h2-7,15H,8-13H2,1H3. The Hall–Kier alpha value is -1.88. The van der Waals surface area contributed by atoms with Gasteiger partial charge in [-0.1, -0.05) is 12.1 Å². The number of aryl methyl sites for hydroxylation is 1. The summed E-state index contributed by atoms with van der Waals surface area (Å²) < 4.78 is 19.0. The first-order chi connectivity index (χ1) is 11.6. The number of amides is 1. The summed E-state index contributed by atoms with van der Waals surface area (Å²) in [5.41, 5.74) is 0. The van der Waals surface area contributed by atoms with Crippen molar-refractivity contribution in [2.75, 3.05) is 19.7 Å². The van der Waals surface area contributed by atoms with E-state index in [1.165, 1.54) is 10.9 Å². The van der Waals surface area contributed by atoms with Crippen molar-refractivity contribution >= 4 is 17.2 Å². The molecule has 3 nitrogen and oxygen atoms in total. The fraction of sp³-hybridized carbons (Fsp3) is 0.421. The maximum absolute atomic E-state index is 13.5. The van der Waals surface area contributed by atoms with Crippen molar-refractivity contribution < 1.29 is 13.9 Å². The zero-order valence-corrected chi connectivity index (χ0v) is 14.7. The normalized spacial score (nSPS) is 15.5. The minimum atomic E-state index is -0.316. The third kappa shape index (κ3) is 4.15. The number of carbonyl (C=O) groups excluding carboxylic acids is 1. The van der Waals surface area contributed by atoms with E-state index in [4.69, 9.17) is 4.74 Å². The molecule has 0 bridgehead atoms. The first kappa shape index (κ1) is 17.0. The molecule has 128 valence electrons. The van der Waals surface area contributed by atoms with Gasteiger partial charge in [-0.3, -0.25) is 4.79 Å².